The van der Waals surface area contributed by atoms with Crippen LogP contribution in [0.15, 0.2) is 18.3 Å². The van der Waals surface area contributed by atoms with E-state index in [1.54, 1.807) is 0 Å². The highest BCUT2D eigenvalue weighted by molar-refractivity contribution is 5.48. The first-order valence-corrected chi connectivity index (χ1v) is 8.53. The molecule has 24 heavy (non-hydrogen) atoms. The van der Waals surface area contributed by atoms with Gasteiger partial charge in [-0.3, -0.25) is 4.98 Å². The number of nitrogens with one attached hydrogen (secondary N) is 1. The third-order valence-corrected chi connectivity index (χ3v) is 4.62. The zero-order valence-electron chi connectivity index (χ0n) is 14.4. The Morgan fingerprint density at radius 2 is 2.08 bits per heavy atom. The summed E-state index contributed by atoms with van der Waals surface area (Å²) in [4.78, 5) is 13.8. The molecule has 0 aromatic carbocycles. The molecule has 1 aliphatic rings. The molecular formula is C18H22N6. The molecule has 1 atom stereocenters. The molecule has 0 saturated heterocycles. The highest BCUT2D eigenvalue weighted by atomic mass is 15.3. The van der Waals surface area contributed by atoms with E-state index in [4.69, 9.17) is 4.98 Å². The molecule has 3 aromatic rings. The minimum Gasteiger partial charge on any atom is -0.367 e. The van der Waals surface area contributed by atoms with E-state index < -0.39 is 0 Å². The lowest BCUT2D eigenvalue weighted by Crippen LogP contribution is -2.23. The molecule has 0 bridgehead atoms. The average Bonchev–Trinajstić information content (AvgIpc) is 3.01. The summed E-state index contributed by atoms with van der Waals surface area (Å²) in [5.41, 5.74) is 5.16. The second-order valence-corrected chi connectivity index (χ2v) is 6.64. The van der Waals surface area contributed by atoms with Crippen LogP contribution in [0.5, 0.6) is 0 Å². The topological polar surface area (TPSA) is 68.0 Å². The van der Waals surface area contributed by atoms with Crippen LogP contribution in [0, 0.1) is 13.8 Å². The molecule has 3 aromatic heterocycles. The van der Waals surface area contributed by atoms with E-state index in [1.807, 2.05) is 24.6 Å². The summed E-state index contributed by atoms with van der Waals surface area (Å²) in [6.45, 7) is 6.16. The van der Waals surface area contributed by atoms with E-state index in [9.17, 15) is 0 Å². The molecular weight excluding hydrogens is 300 g/mol. The van der Waals surface area contributed by atoms with Gasteiger partial charge in [0.15, 0.2) is 11.5 Å². The van der Waals surface area contributed by atoms with Crippen LogP contribution >= 0.6 is 0 Å². The van der Waals surface area contributed by atoms with E-state index in [0.29, 0.717) is 6.04 Å². The number of pyridine rings is 1. The molecule has 0 saturated carbocycles. The Bertz CT molecular complexity index is 859. The lowest BCUT2D eigenvalue weighted by Gasteiger charge is -2.23. The fourth-order valence-corrected chi connectivity index (χ4v) is 3.16. The van der Waals surface area contributed by atoms with Crippen LogP contribution < -0.4 is 5.32 Å². The van der Waals surface area contributed by atoms with Gasteiger partial charge in [-0.05, 0) is 51.7 Å². The maximum Gasteiger partial charge on any atom is 0.177 e. The largest absolute Gasteiger partial charge is 0.367 e. The first-order chi connectivity index (χ1) is 11.6. The Hall–Kier alpha value is -2.50. The smallest absolute Gasteiger partial charge is 0.177 e. The summed E-state index contributed by atoms with van der Waals surface area (Å²) in [5, 5.41) is 8.09. The lowest BCUT2D eigenvalue weighted by molar-refractivity contribution is 0.671. The predicted molar refractivity (Wildman–Crippen MR) is 93.3 cm³/mol. The van der Waals surface area contributed by atoms with Crippen molar-refractivity contribution in [3.8, 4) is 0 Å². The highest BCUT2D eigenvalue weighted by Crippen LogP contribution is 2.23. The fraction of sp³-hybridized carbons (Fsp3) is 0.444. The van der Waals surface area contributed by atoms with Crippen molar-refractivity contribution in [2.45, 2.75) is 52.5 Å². The Labute approximate surface area is 141 Å². The fourth-order valence-electron chi connectivity index (χ4n) is 3.16. The van der Waals surface area contributed by atoms with Crippen molar-refractivity contribution in [2.24, 2.45) is 0 Å². The standard InChI is InChI=1S/C18H22N6/c1-11-4-5-14-6-7-15(21-17(14)20-11)8-9-16-22-18-13(3)19-10-12(2)24(18)23-16/h6-7,10-11H,4-5,8-9H2,1-3H3,(H,20,21)/t11-/m1/s1. The van der Waals surface area contributed by atoms with Crippen LogP contribution in [-0.4, -0.2) is 30.6 Å². The van der Waals surface area contributed by atoms with Gasteiger partial charge in [0.2, 0.25) is 0 Å². The van der Waals surface area contributed by atoms with Gasteiger partial charge in [-0.15, -0.1) is 0 Å². The molecule has 6 nitrogen and oxygen atoms in total. The first kappa shape index (κ1) is 15.1. The van der Waals surface area contributed by atoms with E-state index >= 15 is 0 Å². The van der Waals surface area contributed by atoms with Crippen LogP contribution in [0.3, 0.4) is 0 Å². The van der Waals surface area contributed by atoms with Crippen molar-refractivity contribution in [1.82, 2.24) is 24.6 Å². The zero-order valence-corrected chi connectivity index (χ0v) is 14.4. The quantitative estimate of drug-likeness (QED) is 0.803. The van der Waals surface area contributed by atoms with Crippen molar-refractivity contribution in [1.29, 1.82) is 0 Å². The van der Waals surface area contributed by atoms with Crippen molar-refractivity contribution >= 4 is 11.5 Å². The number of aryl methyl sites for hydroxylation is 5. The Kier molecular flexibility index (Phi) is 3.67. The predicted octanol–water partition coefficient (Wildman–Crippen LogP) is 2.67. The second-order valence-electron chi connectivity index (χ2n) is 6.64. The van der Waals surface area contributed by atoms with Gasteiger partial charge in [0, 0.05) is 24.4 Å². The number of hydrogen-bond acceptors (Lipinski definition) is 5. The summed E-state index contributed by atoms with van der Waals surface area (Å²) in [6.07, 6.45) is 5.73. The van der Waals surface area contributed by atoms with Crippen LogP contribution in [0.4, 0.5) is 5.82 Å². The number of hydrogen-bond donors (Lipinski definition) is 1. The van der Waals surface area contributed by atoms with Crippen molar-refractivity contribution < 1.29 is 0 Å². The number of nitrogens with zero attached hydrogens (tertiary/aromatic N) is 5. The van der Waals surface area contributed by atoms with Gasteiger partial charge < -0.3 is 5.32 Å². The van der Waals surface area contributed by atoms with E-state index in [2.05, 4.69) is 39.4 Å². The van der Waals surface area contributed by atoms with Crippen LogP contribution in [-0.2, 0) is 19.3 Å². The van der Waals surface area contributed by atoms with Crippen molar-refractivity contribution in [3.05, 3.63) is 46.8 Å². The summed E-state index contributed by atoms with van der Waals surface area (Å²) in [5.74, 6) is 1.89. The van der Waals surface area contributed by atoms with Gasteiger partial charge in [0.05, 0.1) is 11.4 Å². The van der Waals surface area contributed by atoms with Crippen LogP contribution in [0.2, 0.25) is 0 Å². The highest BCUT2D eigenvalue weighted by Gasteiger charge is 2.16. The molecule has 4 rings (SSSR count). The molecule has 0 aliphatic carbocycles. The molecule has 0 unspecified atom stereocenters. The normalized spacial score (nSPS) is 16.9. The lowest BCUT2D eigenvalue weighted by atomic mass is 10.0. The summed E-state index contributed by atoms with van der Waals surface area (Å²) < 4.78 is 1.88. The maximum atomic E-state index is 4.78. The minimum absolute atomic E-state index is 0.499. The van der Waals surface area contributed by atoms with Gasteiger partial charge in [0.1, 0.15) is 5.82 Å². The van der Waals surface area contributed by atoms with Crippen molar-refractivity contribution in [3.63, 3.8) is 0 Å². The van der Waals surface area contributed by atoms with Gasteiger partial charge in [-0.25, -0.2) is 14.5 Å². The number of anilines is 1. The minimum atomic E-state index is 0.499. The van der Waals surface area contributed by atoms with E-state index in [0.717, 1.165) is 53.6 Å². The van der Waals surface area contributed by atoms with Gasteiger partial charge >= 0.3 is 0 Å². The van der Waals surface area contributed by atoms with Gasteiger partial charge in [-0.1, -0.05) is 6.07 Å². The third-order valence-electron chi connectivity index (χ3n) is 4.62. The number of aromatic nitrogens is 5. The first-order valence-electron chi connectivity index (χ1n) is 8.53. The molecule has 0 spiro atoms. The summed E-state index contributed by atoms with van der Waals surface area (Å²) >= 11 is 0. The SMILES string of the molecule is Cc1ncc(C)n2nc(CCc3ccc4c(n3)N[C@H](C)CC4)nc12. The Morgan fingerprint density at radius 3 is 2.92 bits per heavy atom. The summed E-state index contributed by atoms with van der Waals surface area (Å²) in [7, 11) is 0. The van der Waals surface area contributed by atoms with Crippen LogP contribution in [0.25, 0.3) is 5.65 Å². The maximum absolute atomic E-state index is 4.78. The molecule has 1 aliphatic heterocycles. The summed E-state index contributed by atoms with van der Waals surface area (Å²) in [6, 6.07) is 4.83. The molecule has 0 radical (unpaired) electrons. The number of fused-ring (bicyclic) bond motifs is 2. The van der Waals surface area contributed by atoms with E-state index in [-0.39, 0.29) is 0 Å². The van der Waals surface area contributed by atoms with Gasteiger partial charge in [-0.2, -0.15) is 5.10 Å². The zero-order chi connectivity index (χ0) is 16.7. The van der Waals surface area contributed by atoms with Gasteiger partial charge in [0.25, 0.3) is 0 Å². The monoisotopic (exact) mass is 322 g/mol. The molecule has 1 N–H and O–H groups in total. The molecule has 4 heterocycles. The Morgan fingerprint density at radius 1 is 1.21 bits per heavy atom. The Balaban J connectivity index is 1.54. The second kappa shape index (κ2) is 5.85. The van der Waals surface area contributed by atoms with Crippen LogP contribution in [0.1, 0.15) is 41.8 Å². The average molecular weight is 322 g/mol. The van der Waals surface area contributed by atoms with E-state index in [1.165, 1.54) is 12.0 Å². The molecule has 0 fully saturated rings. The third kappa shape index (κ3) is 2.72. The number of rotatable bonds is 3. The molecule has 124 valence electrons. The molecule has 0 amide bonds. The molecule has 6 heteroatoms. The van der Waals surface area contributed by atoms with Crippen molar-refractivity contribution in [2.75, 3.05) is 5.32 Å².